The number of carbonyl (C=O) groups excluding carboxylic acids is 2. The van der Waals surface area contributed by atoms with Crippen LogP contribution in [0, 0.1) is 17.7 Å². The molecule has 0 radical (unpaired) electrons. The van der Waals surface area contributed by atoms with Crippen LogP contribution in [0.15, 0.2) is 24.3 Å². The Morgan fingerprint density at radius 3 is 2.61 bits per heavy atom. The smallest absolute Gasteiger partial charge is 0.396 e. The number of hydrogen-bond donors (Lipinski definition) is 1. The predicted molar refractivity (Wildman–Crippen MR) is 62.9 cm³/mol. The van der Waals surface area contributed by atoms with Gasteiger partial charge >= 0.3 is 11.9 Å². The molecule has 0 saturated carbocycles. The van der Waals surface area contributed by atoms with E-state index in [9.17, 15) is 14.0 Å². The molecule has 0 aliphatic heterocycles. The van der Waals surface area contributed by atoms with Gasteiger partial charge in [-0.15, -0.1) is 0 Å². The quantitative estimate of drug-likeness (QED) is 0.480. The highest BCUT2D eigenvalue weighted by Gasteiger charge is 2.12. The molecule has 0 aliphatic rings. The number of carbonyl (C=O) groups is 2. The van der Waals surface area contributed by atoms with Gasteiger partial charge in [-0.3, -0.25) is 4.79 Å². The zero-order valence-electron chi connectivity index (χ0n) is 9.83. The van der Waals surface area contributed by atoms with Crippen LogP contribution in [-0.2, 0) is 14.3 Å². The number of hydrogen-bond acceptors (Lipinski definition) is 3. The zero-order valence-corrected chi connectivity index (χ0v) is 9.83. The summed E-state index contributed by atoms with van der Waals surface area (Å²) in [7, 11) is 0. The topological polar surface area (TPSA) is 55.4 Å². The van der Waals surface area contributed by atoms with Crippen LogP contribution in [0.1, 0.15) is 12.5 Å². The second kappa shape index (κ2) is 7.07. The third-order valence-electron chi connectivity index (χ3n) is 1.88. The summed E-state index contributed by atoms with van der Waals surface area (Å²) in [6, 6.07) is 5.63. The van der Waals surface area contributed by atoms with Crippen molar-refractivity contribution in [3.05, 3.63) is 35.6 Å². The lowest BCUT2D eigenvalue weighted by molar-refractivity contribution is -0.154. The first-order valence-corrected chi connectivity index (χ1v) is 5.33. The molecule has 94 valence electrons. The predicted octanol–water partition coefficient (Wildman–Crippen LogP) is 0.856. The summed E-state index contributed by atoms with van der Waals surface area (Å²) < 4.78 is 17.1. The van der Waals surface area contributed by atoms with Gasteiger partial charge in [0.25, 0.3) is 0 Å². The Labute approximate surface area is 104 Å². The van der Waals surface area contributed by atoms with Crippen molar-refractivity contribution in [2.24, 2.45) is 0 Å². The second-order valence-corrected chi connectivity index (χ2v) is 3.21. The van der Waals surface area contributed by atoms with Gasteiger partial charge in [0.1, 0.15) is 5.82 Å². The lowest BCUT2D eigenvalue weighted by Crippen LogP contribution is -2.32. The van der Waals surface area contributed by atoms with Crippen molar-refractivity contribution in [1.29, 1.82) is 0 Å². The van der Waals surface area contributed by atoms with Crippen LogP contribution in [0.4, 0.5) is 4.39 Å². The van der Waals surface area contributed by atoms with E-state index in [2.05, 4.69) is 21.9 Å². The number of esters is 1. The van der Waals surface area contributed by atoms with Crippen molar-refractivity contribution >= 4 is 11.9 Å². The fraction of sp³-hybridized carbons (Fsp3) is 0.231. The number of amides is 1. The summed E-state index contributed by atoms with van der Waals surface area (Å²) in [4.78, 5) is 22.0. The highest BCUT2D eigenvalue weighted by Crippen LogP contribution is 2.00. The van der Waals surface area contributed by atoms with Crippen molar-refractivity contribution in [2.75, 3.05) is 13.2 Å². The molecule has 1 aromatic rings. The van der Waals surface area contributed by atoms with Gasteiger partial charge in [-0.25, -0.2) is 9.18 Å². The summed E-state index contributed by atoms with van der Waals surface area (Å²) in [6.45, 7) is 1.78. The van der Waals surface area contributed by atoms with Gasteiger partial charge in [0.15, 0.2) is 0 Å². The van der Waals surface area contributed by atoms with Crippen molar-refractivity contribution in [3.63, 3.8) is 0 Å². The van der Waals surface area contributed by atoms with Gasteiger partial charge in [-0.1, -0.05) is 11.8 Å². The van der Waals surface area contributed by atoms with Crippen molar-refractivity contribution in [2.45, 2.75) is 6.92 Å². The molecule has 1 rings (SSSR count). The van der Waals surface area contributed by atoms with E-state index in [0.717, 1.165) is 0 Å². The molecule has 1 amide bonds. The maximum absolute atomic E-state index is 12.6. The molecule has 0 heterocycles. The molecule has 0 unspecified atom stereocenters. The first-order valence-electron chi connectivity index (χ1n) is 5.33. The van der Waals surface area contributed by atoms with Gasteiger partial charge in [0, 0.05) is 5.56 Å². The third-order valence-corrected chi connectivity index (χ3v) is 1.88. The van der Waals surface area contributed by atoms with Crippen LogP contribution in [-0.4, -0.2) is 25.0 Å². The summed E-state index contributed by atoms with van der Waals surface area (Å²) in [5.41, 5.74) is 0.627. The Morgan fingerprint density at radius 2 is 2.00 bits per heavy atom. The average Bonchev–Trinajstić information content (AvgIpc) is 2.36. The highest BCUT2D eigenvalue weighted by atomic mass is 19.1. The molecular formula is C13H12FNO3. The van der Waals surface area contributed by atoms with Gasteiger partial charge in [-0.05, 0) is 31.2 Å². The Balaban J connectivity index is 2.40. The molecule has 0 aromatic heterocycles. The normalized spacial score (nSPS) is 9.00. The summed E-state index contributed by atoms with van der Waals surface area (Å²) in [5, 5.41) is 2.29. The first-order chi connectivity index (χ1) is 8.63. The number of halogens is 1. The molecule has 0 fully saturated rings. The molecule has 18 heavy (non-hydrogen) atoms. The van der Waals surface area contributed by atoms with E-state index in [1.807, 2.05) is 0 Å². The zero-order chi connectivity index (χ0) is 13.4. The maximum atomic E-state index is 12.6. The summed E-state index contributed by atoms with van der Waals surface area (Å²) >= 11 is 0. The molecule has 0 saturated heterocycles. The molecule has 0 spiro atoms. The largest absolute Gasteiger partial charge is 0.459 e. The van der Waals surface area contributed by atoms with Crippen LogP contribution in [0.2, 0.25) is 0 Å². The molecule has 1 N–H and O–H groups in total. The van der Waals surface area contributed by atoms with Gasteiger partial charge in [0.05, 0.1) is 13.2 Å². The number of rotatable bonds is 2. The fourth-order valence-electron chi connectivity index (χ4n) is 1.07. The monoisotopic (exact) mass is 249 g/mol. The van der Waals surface area contributed by atoms with Crippen LogP contribution in [0.25, 0.3) is 0 Å². The third kappa shape index (κ3) is 4.66. The first kappa shape index (κ1) is 13.7. The van der Waals surface area contributed by atoms with Crippen LogP contribution >= 0.6 is 0 Å². The summed E-state index contributed by atoms with van der Waals surface area (Å²) in [5.74, 6) is 3.26. The molecule has 0 bridgehead atoms. The second-order valence-electron chi connectivity index (χ2n) is 3.21. The van der Waals surface area contributed by atoms with E-state index < -0.39 is 11.9 Å². The molecule has 1 aromatic carbocycles. The molecule has 0 atom stereocenters. The fourth-order valence-corrected chi connectivity index (χ4v) is 1.07. The minimum absolute atomic E-state index is 0.0228. The Hall–Kier alpha value is -2.35. The van der Waals surface area contributed by atoms with E-state index >= 15 is 0 Å². The van der Waals surface area contributed by atoms with Gasteiger partial charge in [-0.2, -0.15) is 0 Å². The Kier molecular flexibility index (Phi) is 5.39. The van der Waals surface area contributed by atoms with Crippen molar-refractivity contribution < 1.29 is 18.7 Å². The van der Waals surface area contributed by atoms with E-state index in [1.165, 1.54) is 24.3 Å². The Morgan fingerprint density at radius 1 is 1.33 bits per heavy atom. The lowest BCUT2D eigenvalue weighted by Gasteiger charge is -1.99. The lowest BCUT2D eigenvalue weighted by atomic mass is 10.2. The number of benzene rings is 1. The number of nitrogens with one attached hydrogen (secondary N) is 1. The van der Waals surface area contributed by atoms with Crippen LogP contribution in [0.5, 0.6) is 0 Å². The minimum Gasteiger partial charge on any atom is -0.459 e. The van der Waals surface area contributed by atoms with E-state index in [0.29, 0.717) is 5.56 Å². The Bertz CT molecular complexity index is 485. The van der Waals surface area contributed by atoms with Crippen molar-refractivity contribution in [1.82, 2.24) is 5.32 Å². The maximum Gasteiger partial charge on any atom is 0.396 e. The molecule has 0 aliphatic carbocycles. The standard InChI is InChI=1S/C13H12FNO3/c1-2-18-13(17)12(16)15-9-3-4-10-5-7-11(14)8-6-10/h5-8H,2,9H2,1H3,(H,15,16). The van der Waals surface area contributed by atoms with Crippen LogP contribution in [0.3, 0.4) is 0 Å². The summed E-state index contributed by atoms with van der Waals surface area (Å²) in [6.07, 6.45) is 0. The van der Waals surface area contributed by atoms with E-state index in [-0.39, 0.29) is 19.0 Å². The highest BCUT2D eigenvalue weighted by molar-refractivity contribution is 6.32. The van der Waals surface area contributed by atoms with Crippen molar-refractivity contribution in [3.8, 4) is 11.8 Å². The minimum atomic E-state index is -0.930. The number of ether oxygens (including phenoxy) is 1. The van der Waals surface area contributed by atoms with E-state index in [4.69, 9.17) is 0 Å². The molecular weight excluding hydrogens is 237 g/mol. The molecule has 5 heteroatoms. The average molecular weight is 249 g/mol. The van der Waals surface area contributed by atoms with Gasteiger partial charge in [0.2, 0.25) is 0 Å². The van der Waals surface area contributed by atoms with E-state index in [1.54, 1.807) is 6.92 Å². The molecule has 4 nitrogen and oxygen atoms in total. The van der Waals surface area contributed by atoms with Crippen LogP contribution < -0.4 is 5.32 Å². The SMILES string of the molecule is CCOC(=O)C(=O)NCC#Cc1ccc(F)cc1. The van der Waals surface area contributed by atoms with Gasteiger partial charge < -0.3 is 10.1 Å².